The SMILES string of the molecule is COc1ccc(C2=NNC(c3cccc(OC)c3O)C2)cc1. The van der Waals surface area contributed by atoms with Crippen molar-refractivity contribution in [2.24, 2.45) is 5.10 Å². The van der Waals surface area contributed by atoms with E-state index < -0.39 is 0 Å². The maximum Gasteiger partial charge on any atom is 0.163 e. The van der Waals surface area contributed by atoms with Crippen molar-refractivity contribution in [2.75, 3.05) is 14.2 Å². The first-order chi connectivity index (χ1) is 10.7. The van der Waals surface area contributed by atoms with Crippen molar-refractivity contribution < 1.29 is 14.6 Å². The first kappa shape index (κ1) is 14.3. The van der Waals surface area contributed by atoms with Crippen molar-refractivity contribution in [2.45, 2.75) is 12.5 Å². The molecule has 3 rings (SSSR count). The number of hydrazone groups is 1. The number of rotatable bonds is 4. The Bertz CT molecular complexity index is 696. The van der Waals surface area contributed by atoms with Gasteiger partial charge in [-0.25, -0.2) is 0 Å². The lowest BCUT2D eigenvalue weighted by molar-refractivity contribution is 0.367. The average Bonchev–Trinajstić information content (AvgIpc) is 3.05. The zero-order valence-electron chi connectivity index (χ0n) is 12.5. The largest absolute Gasteiger partial charge is 0.504 e. The number of benzene rings is 2. The third kappa shape index (κ3) is 2.57. The number of nitrogens with one attached hydrogen (secondary N) is 1. The molecule has 0 bridgehead atoms. The monoisotopic (exact) mass is 298 g/mol. The first-order valence-electron chi connectivity index (χ1n) is 7.05. The Hall–Kier alpha value is -2.69. The number of para-hydroxylation sites is 1. The summed E-state index contributed by atoms with van der Waals surface area (Å²) in [5.41, 5.74) is 5.86. The lowest BCUT2D eigenvalue weighted by Gasteiger charge is -2.14. The smallest absolute Gasteiger partial charge is 0.163 e. The van der Waals surface area contributed by atoms with Crippen molar-refractivity contribution in [3.8, 4) is 17.2 Å². The van der Waals surface area contributed by atoms with E-state index in [0.717, 1.165) is 22.6 Å². The Morgan fingerprint density at radius 3 is 2.55 bits per heavy atom. The molecule has 0 aliphatic carbocycles. The van der Waals surface area contributed by atoms with Crippen LogP contribution in [0.2, 0.25) is 0 Å². The number of phenols is 1. The lowest BCUT2D eigenvalue weighted by atomic mass is 9.98. The summed E-state index contributed by atoms with van der Waals surface area (Å²) in [6, 6.07) is 13.2. The molecule has 5 heteroatoms. The Morgan fingerprint density at radius 1 is 1.09 bits per heavy atom. The third-order valence-electron chi connectivity index (χ3n) is 3.80. The van der Waals surface area contributed by atoms with Crippen molar-refractivity contribution in [1.82, 2.24) is 5.43 Å². The Morgan fingerprint density at radius 2 is 1.86 bits per heavy atom. The quantitative estimate of drug-likeness (QED) is 0.911. The Kier molecular flexibility index (Phi) is 3.87. The second-order valence-electron chi connectivity index (χ2n) is 5.07. The fourth-order valence-electron chi connectivity index (χ4n) is 2.57. The summed E-state index contributed by atoms with van der Waals surface area (Å²) in [5.74, 6) is 1.45. The molecule has 0 saturated heterocycles. The van der Waals surface area contributed by atoms with Crippen LogP contribution in [-0.2, 0) is 0 Å². The van der Waals surface area contributed by atoms with Crippen LogP contribution in [0, 0.1) is 0 Å². The number of nitrogens with zero attached hydrogens (tertiary/aromatic N) is 1. The van der Waals surface area contributed by atoms with E-state index in [2.05, 4.69) is 10.5 Å². The standard InChI is InChI=1S/C17H18N2O3/c1-21-12-8-6-11(7-9-12)14-10-15(19-18-14)13-4-3-5-16(22-2)17(13)20/h3-9,15,19-20H,10H2,1-2H3. The molecule has 0 spiro atoms. The van der Waals surface area contributed by atoms with Gasteiger partial charge in [0.25, 0.3) is 0 Å². The van der Waals surface area contributed by atoms with Gasteiger partial charge in [-0.2, -0.15) is 5.10 Å². The van der Waals surface area contributed by atoms with Crippen LogP contribution in [0.5, 0.6) is 17.2 Å². The number of aromatic hydroxyl groups is 1. The van der Waals surface area contributed by atoms with E-state index in [1.807, 2.05) is 36.4 Å². The molecule has 0 saturated carbocycles. The average molecular weight is 298 g/mol. The molecule has 1 heterocycles. The van der Waals surface area contributed by atoms with E-state index in [0.29, 0.717) is 12.2 Å². The van der Waals surface area contributed by atoms with E-state index in [-0.39, 0.29) is 11.8 Å². The van der Waals surface area contributed by atoms with Crippen LogP contribution in [0.4, 0.5) is 0 Å². The van der Waals surface area contributed by atoms with Crippen LogP contribution in [0.25, 0.3) is 0 Å². The molecule has 1 aliphatic heterocycles. The molecule has 0 aromatic heterocycles. The zero-order valence-corrected chi connectivity index (χ0v) is 12.5. The summed E-state index contributed by atoms with van der Waals surface area (Å²) in [4.78, 5) is 0. The highest BCUT2D eigenvalue weighted by Crippen LogP contribution is 2.36. The summed E-state index contributed by atoms with van der Waals surface area (Å²) in [7, 11) is 3.19. The molecule has 2 aromatic carbocycles. The van der Waals surface area contributed by atoms with E-state index in [1.165, 1.54) is 0 Å². The molecule has 2 aromatic rings. The normalized spacial score (nSPS) is 16.8. The Balaban J connectivity index is 1.79. The van der Waals surface area contributed by atoms with Crippen molar-refractivity contribution in [3.63, 3.8) is 0 Å². The second-order valence-corrected chi connectivity index (χ2v) is 5.07. The Labute approximate surface area is 129 Å². The van der Waals surface area contributed by atoms with Gasteiger partial charge in [-0.3, -0.25) is 0 Å². The van der Waals surface area contributed by atoms with E-state index in [1.54, 1.807) is 20.3 Å². The first-order valence-corrected chi connectivity index (χ1v) is 7.05. The molecule has 1 aliphatic rings. The summed E-state index contributed by atoms with van der Waals surface area (Å²) in [5, 5.41) is 14.6. The summed E-state index contributed by atoms with van der Waals surface area (Å²) in [6.07, 6.45) is 0.701. The summed E-state index contributed by atoms with van der Waals surface area (Å²) < 4.78 is 10.3. The fraction of sp³-hybridized carbons (Fsp3) is 0.235. The number of hydrogen-bond donors (Lipinski definition) is 2. The molecular weight excluding hydrogens is 280 g/mol. The molecule has 0 fully saturated rings. The zero-order chi connectivity index (χ0) is 15.5. The molecular formula is C17H18N2O3. The highest BCUT2D eigenvalue weighted by Gasteiger charge is 2.24. The molecule has 1 atom stereocenters. The van der Waals surface area contributed by atoms with Crippen molar-refractivity contribution in [3.05, 3.63) is 53.6 Å². The molecule has 5 nitrogen and oxygen atoms in total. The topological polar surface area (TPSA) is 63.1 Å². The van der Waals surface area contributed by atoms with Gasteiger partial charge in [0.2, 0.25) is 0 Å². The fourth-order valence-corrected chi connectivity index (χ4v) is 2.57. The van der Waals surface area contributed by atoms with Crippen LogP contribution in [0.1, 0.15) is 23.6 Å². The number of hydrogen-bond acceptors (Lipinski definition) is 5. The lowest BCUT2D eigenvalue weighted by Crippen LogP contribution is -2.10. The van der Waals surface area contributed by atoms with E-state index >= 15 is 0 Å². The van der Waals surface area contributed by atoms with Crippen molar-refractivity contribution in [1.29, 1.82) is 0 Å². The molecule has 22 heavy (non-hydrogen) atoms. The van der Waals surface area contributed by atoms with Gasteiger partial charge in [0.1, 0.15) is 5.75 Å². The van der Waals surface area contributed by atoms with Gasteiger partial charge in [-0.05, 0) is 35.9 Å². The predicted octanol–water partition coefficient (Wildman–Crippen LogP) is 2.85. The number of methoxy groups -OCH3 is 2. The van der Waals surface area contributed by atoms with Gasteiger partial charge in [-0.1, -0.05) is 12.1 Å². The van der Waals surface area contributed by atoms with Crippen molar-refractivity contribution >= 4 is 5.71 Å². The highest BCUT2D eigenvalue weighted by molar-refractivity contribution is 6.02. The molecule has 1 unspecified atom stereocenters. The molecule has 0 amide bonds. The maximum absolute atomic E-state index is 10.2. The van der Waals surface area contributed by atoms with Crippen LogP contribution < -0.4 is 14.9 Å². The second kappa shape index (κ2) is 5.97. The van der Waals surface area contributed by atoms with Gasteiger partial charge in [-0.15, -0.1) is 0 Å². The van der Waals surface area contributed by atoms with Crippen LogP contribution in [0.3, 0.4) is 0 Å². The van der Waals surface area contributed by atoms with E-state index in [4.69, 9.17) is 9.47 Å². The summed E-state index contributed by atoms with van der Waals surface area (Å²) in [6.45, 7) is 0. The predicted molar refractivity (Wildman–Crippen MR) is 84.7 cm³/mol. The van der Waals surface area contributed by atoms with Gasteiger partial charge < -0.3 is 20.0 Å². The van der Waals surface area contributed by atoms with Gasteiger partial charge in [0.05, 0.1) is 26.0 Å². The molecule has 2 N–H and O–H groups in total. The maximum atomic E-state index is 10.2. The summed E-state index contributed by atoms with van der Waals surface area (Å²) >= 11 is 0. The van der Waals surface area contributed by atoms with Gasteiger partial charge >= 0.3 is 0 Å². The number of ether oxygens (including phenoxy) is 2. The molecule has 114 valence electrons. The van der Waals surface area contributed by atoms with Crippen LogP contribution >= 0.6 is 0 Å². The third-order valence-corrected chi connectivity index (χ3v) is 3.80. The van der Waals surface area contributed by atoms with E-state index in [9.17, 15) is 5.11 Å². The minimum atomic E-state index is -0.0628. The van der Waals surface area contributed by atoms with Gasteiger partial charge in [0.15, 0.2) is 11.5 Å². The molecule has 0 radical (unpaired) electrons. The minimum absolute atomic E-state index is 0.0628. The van der Waals surface area contributed by atoms with Crippen LogP contribution in [-0.4, -0.2) is 25.0 Å². The number of phenolic OH excluding ortho intramolecular Hbond substituents is 1. The highest BCUT2D eigenvalue weighted by atomic mass is 16.5. The van der Waals surface area contributed by atoms with Gasteiger partial charge in [0, 0.05) is 12.0 Å². The minimum Gasteiger partial charge on any atom is -0.504 e. The van der Waals surface area contributed by atoms with Crippen LogP contribution in [0.15, 0.2) is 47.6 Å².